The molecule has 0 saturated heterocycles. The molecule has 2 atom stereocenters. The Bertz CT molecular complexity index is 489. The number of carbonyl (C=O) groups excluding carboxylic acids is 1. The smallest absolute Gasteiger partial charge is 0.328 e. The van der Waals surface area contributed by atoms with Crippen molar-refractivity contribution < 1.29 is 24.5 Å². The predicted octanol–water partition coefficient (Wildman–Crippen LogP) is 0.675. The van der Waals surface area contributed by atoms with Gasteiger partial charge in [0.1, 0.15) is 5.75 Å². The number of amides is 2. The maximum atomic E-state index is 12.0. The minimum atomic E-state index is -1.37. The number of aliphatic hydroxyl groups is 1. The lowest BCUT2D eigenvalue weighted by Gasteiger charge is -2.23. The molecule has 0 aliphatic heterocycles. The van der Waals surface area contributed by atoms with Crippen molar-refractivity contribution in [1.29, 1.82) is 0 Å². The van der Waals surface area contributed by atoms with Crippen LogP contribution in [-0.2, 0) is 4.79 Å². The highest BCUT2D eigenvalue weighted by Gasteiger charge is 2.26. The van der Waals surface area contributed by atoms with Crippen LogP contribution in [-0.4, -0.2) is 48.5 Å². The number of nitrogens with zero attached hydrogens (tertiary/aromatic N) is 1. The summed E-state index contributed by atoms with van der Waals surface area (Å²) in [7, 11) is 3.00. The second-order valence-electron chi connectivity index (χ2n) is 4.27. The minimum absolute atomic E-state index is 0.539. The van der Waals surface area contributed by atoms with Crippen LogP contribution in [0.5, 0.6) is 5.75 Å². The van der Waals surface area contributed by atoms with E-state index in [1.165, 1.54) is 26.0 Å². The molecule has 1 rings (SSSR count). The predicted molar refractivity (Wildman–Crippen MR) is 73.0 cm³/mol. The van der Waals surface area contributed by atoms with Crippen LogP contribution in [0, 0.1) is 0 Å². The van der Waals surface area contributed by atoms with Gasteiger partial charge in [0.05, 0.1) is 13.2 Å². The fraction of sp³-hybridized carbons (Fsp3) is 0.385. The third kappa shape index (κ3) is 3.86. The van der Waals surface area contributed by atoms with Gasteiger partial charge in [-0.3, -0.25) is 4.90 Å². The van der Waals surface area contributed by atoms with Crippen LogP contribution in [0.4, 0.5) is 10.5 Å². The zero-order chi connectivity index (χ0) is 15.3. The quantitative estimate of drug-likeness (QED) is 0.737. The number of carbonyl (C=O) groups is 2. The highest BCUT2D eigenvalue weighted by atomic mass is 16.5. The molecule has 110 valence electrons. The summed E-state index contributed by atoms with van der Waals surface area (Å²) < 4.78 is 5.05. The lowest BCUT2D eigenvalue weighted by atomic mass is 10.2. The van der Waals surface area contributed by atoms with Gasteiger partial charge < -0.3 is 20.3 Å². The van der Waals surface area contributed by atoms with E-state index in [4.69, 9.17) is 9.84 Å². The van der Waals surface area contributed by atoms with Crippen molar-refractivity contribution in [3.63, 3.8) is 0 Å². The number of aliphatic hydroxyl groups excluding tert-OH is 1. The molecule has 2 amide bonds. The van der Waals surface area contributed by atoms with Crippen LogP contribution in [0.3, 0.4) is 0 Å². The van der Waals surface area contributed by atoms with Crippen molar-refractivity contribution in [2.45, 2.75) is 19.1 Å². The molecule has 0 unspecified atom stereocenters. The highest BCUT2D eigenvalue weighted by Crippen LogP contribution is 2.19. The summed E-state index contributed by atoms with van der Waals surface area (Å²) in [4.78, 5) is 24.1. The van der Waals surface area contributed by atoms with E-state index in [-0.39, 0.29) is 0 Å². The molecule has 0 aliphatic carbocycles. The van der Waals surface area contributed by atoms with Gasteiger partial charge in [-0.05, 0) is 19.1 Å². The second-order valence-corrected chi connectivity index (χ2v) is 4.27. The van der Waals surface area contributed by atoms with Gasteiger partial charge in [-0.1, -0.05) is 6.07 Å². The minimum Gasteiger partial charge on any atom is -0.497 e. The molecular weight excluding hydrogens is 264 g/mol. The molecule has 0 aromatic heterocycles. The molecule has 0 aliphatic rings. The number of anilines is 1. The topological polar surface area (TPSA) is 99.1 Å². The molecule has 0 saturated carbocycles. The number of rotatable bonds is 5. The van der Waals surface area contributed by atoms with E-state index in [0.717, 1.165) is 0 Å². The standard InChI is InChI=1S/C13H18N2O5/c1-8(16)11(12(17)18)14-13(19)15(2)9-5-4-6-10(7-9)20-3/h4-8,11,16H,1-3H3,(H,14,19)(H,17,18)/t8-,11+/m1/s1. The lowest BCUT2D eigenvalue weighted by Crippen LogP contribution is -2.51. The number of hydrogen-bond acceptors (Lipinski definition) is 4. The molecule has 7 heteroatoms. The van der Waals surface area contributed by atoms with E-state index >= 15 is 0 Å². The van der Waals surface area contributed by atoms with Crippen molar-refractivity contribution >= 4 is 17.7 Å². The average Bonchev–Trinajstić information content (AvgIpc) is 2.42. The Morgan fingerprint density at radius 3 is 2.55 bits per heavy atom. The van der Waals surface area contributed by atoms with Gasteiger partial charge in [0.15, 0.2) is 6.04 Å². The number of urea groups is 1. The first kappa shape index (κ1) is 15.8. The Morgan fingerprint density at radius 1 is 1.40 bits per heavy atom. The summed E-state index contributed by atoms with van der Waals surface area (Å²) in [6.45, 7) is 1.30. The molecular formula is C13H18N2O5. The Hall–Kier alpha value is -2.28. The third-order valence-electron chi connectivity index (χ3n) is 2.77. The fourth-order valence-corrected chi connectivity index (χ4v) is 1.55. The van der Waals surface area contributed by atoms with Crippen molar-refractivity contribution in [2.24, 2.45) is 0 Å². The lowest BCUT2D eigenvalue weighted by molar-refractivity contribution is -0.141. The number of ether oxygens (including phenoxy) is 1. The molecule has 0 bridgehead atoms. The van der Waals surface area contributed by atoms with Gasteiger partial charge in [-0.25, -0.2) is 9.59 Å². The number of benzene rings is 1. The second kappa shape index (κ2) is 6.76. The van der Waals surface area contributed by atoms with Gasteiger partial charge in [-0.2, -0.15) is 0 Å². The average molecular weight is 282 g/mol. The van der Waals surface area contributed by atoms with E-state index < -0.39 is 24.1 Å². The maximum absolute atomic E-state index is 12.0. The van der Waals surface area contributed by atoms with Gasteiger partial charge >= 0.3 is 12.0 Å². The first-order valence-electron chi connectivity index (χ1n) is 5.96. The van der Waals surface area contributed by atoms with Crippen LogP contribution in [0.25, 0.3) is 0 Å². The molecule has 3 N–H and O–H groups in total. The largest absolute Gasteiger partial charge is 0.497 e. The van der Waals surface area contributed by atoms with E-state index in [2.05, 4.69) is 5.32 Å². The highest BCUT2D eigenvalue weighted by molar-refractivity contribution is 5.94. The van der Waals surface area contributed by atoms with E-state index in [0.29, 0.717) is 11.4 Å². The number of nitrogens with one attached hydrogen (secondary N) is 1. The summed E-state index contributed by atoms with van der Waals surface area (Å²) in [5.74, 6) is -0.722. The first-order chi connectivity index (χ1) is 9.36. The number of methoxy groups -OCH3 is 1. The van der Waals surface area contributed by atoms with Crippen molar-refractivity contribution in [3.05, 3.63) is 24.3 Å². The summed E-state index contributed by atoms with van der Waals surface area (Å²) in [5, 5.41) is 20.5. The SMILES string of the molecule is COc1cccc(N(C)C(=O)N[C@H](C(=O)O)[C@@H](C)O)c1. The summed E-state index contributed by atoms with van der Waals surface area (Å²) >= 11 is 0. The Balaban J connectivity index is 2.82. The molecule has 1 aromatic rings. The van der Waals surface area contributed by atoms with Gasteiger partial charge in [0, 0.05) is 18.8 Å². The van der Waals surface area contributed by atoms with Crippen molar-refractivity contribution in [3.8, 4) is 5.75 Å². The monoisotopic (exact) mass is 282 g/mol. The van der Waals surface area contributed by atoms with Crippen LogP contribution in [0.2, 0.25) is 0 Å². The van der Waals surface area contributed by atoms with E-state index in [9.17, 15) is 14.7 Å². The Kier molecular flexibility index (Phi) is 5.33. The first-order valence-corrected chi connectivity index (χ1v) is 5.96. The summed E-state index contributed by atoms with van der Waals surface area (Å²) in [5.41, 5.74) is 0.539. The molecule has 0 radical (unpaired) electrons. The van der Waals surface area contributed by atoms with Crippen molar-refractivity contribution in [2.75, 3.05) is 19.1 Å². The molecule has 0 spiro atoms. The molecule has 0 heterocycles. The molecule has 0 fully saturated rings. The molecule has 1 aromatic carbocycles. The van der Waals surface area contributed by atoms with Gasteiger partial charge in [0.25, 0.3) is 0 Å². The normalized spacial score (nSPS) is 13.2. The van der Waals surface area contributed by atoms with Crippen LogP contribution < -0.4 is 15.0 Å². The maximum Gasteiger partial charge on any atom is 0.328 e. The van der Waals surface area contributed by atoms with Crippen LogP contribution in [0.1, 0.15) is 6.92 Å². The van der Waals surface area contributed by atoms with Gasteiger partial charge in [-0.15, -0.1) is 0 Å². The van der Waals surface area contributed by atoms with Gasteiger partial charge in [0.2, 0.25) is 0 Å². The van der Waals surface area contributed by atoms with Crippen LogP contribution >= 0.6 is 0 Å². The van der Waals surface area contributed by atoms with E-state index in [1.54, 1.807) is 24.3 Å². The van der Waals surface area contributed by atoms with Crippen molar-refractivity contribution in [1.82, 2.24) is 5.32 Å². The van der Waals surface area contributed by atoms with Crippen LogP contribution in [0.15, 0.2) is 24.3 Å². The fourth-order valence-electron chi connectivity index (χ4n) is 1.55. The summed E-state index contributed by atoms with van der Waals surface area (Å²) in [6.07, 6.45) is -1.20. The zero-order valence-corrected chi connectivity index (χ0v) is 11.5. The zero-order valence-electron chi connectivity index (χ0n) is 11.5. The Morgan fingerprint density at radius 2 is 2.05 bits per heavy atom. The van der Waals surface area contributed by atoms with E-state index in [1.807, 2.05) is 0 Å². The number of carboxylic acids is 1. The number of carboxylic acid groups (broad SMARTS) is 1. The number of aliphatic carboxylic acids is 1. The number of hydrogen-bond donors (Lipinski definition) is 3. The Labute approximate surface area is 116 Å². The molecule has 20 heavy (non-hydrogen) atoms. The summed E-state index contributed by atoms with van der Waals surface area (Å²) in [6, 6.07) is 4.76. The molecule has 7 nitrogen and oxygen atoms in total. The third-order valence-corrected chi connectivity index (χ3v) is 2.77.